The lowest BCUT2D eigenvalue weighted by atomic mass is 10.3. The van der Waals surface area contributed by atoms with Gasteiger partial charge >= 0.3 is 6.16 Å². The van der Waals surface area contributed by atoms with Crippen LogP contribution in [0.5, 0.6) is 5.75 Å². The Morgan fingerprint density at radius 2 is 1.85 bits per heavy atom. The maximum absolute atomic E-state index is 11.2. The van der Waals surface area contributed by atoms with Crippen molar-refractivity contribution in [2.45, 2.75) is 12.7 Å². The van der Waals surface area contributed by atoms with Crippen molar-refractivity contribution in [1.29, 1.82) is 0 Å². The second kappa shape index (κ2) is 10.1. The molecule has 20 heavy (non-hydrogen) atoms. The fourth-order valence-corrected chi connectivity index (χ4v) is 1.37. The van der Waals surface area contributed by atoms with Crippen molar-refractivity contribution in [2.75, 3.05) is 34.0 Å². The van der Waals surface area contributed by atoms with Crippen LogP contribution in [0, 0.1) is 0 Å². The largest absolute Gasteiger partial charge is 0.511 e. The molecule has 0 N–H and O–H groups in total. The molecule has 1 atom stereocenters. The van der Waals surface area contributed by atoms with Crippen LogP contribution in [0.15, 0.2) is 30.3 Å². The normalized spacial score (nSPS) is 11.7. The molecule has 0 saturated carbocycles. The van der Waals surface area contributed by atoms with Crippen LogP contribution < -0.4 is 4.74 Å². The van der Waals surface area contributed by atoms with Gasteiger partial charge in [0.05, 0.1) is 26.9 Å². The van der Waals surface area contributed by atoms with Crippen LogP contribution in [0.2, 0.25) is 0 Å². The summed E-state index contributed by atoms with van der Waals surface area (Å²) in [4.78, 5) is 11.2. The van der Waals surface area contributed by atoms with E-state index >= 15 is 0 Å². The summed E-state index contributed by atoms with van der Waals surface area (Å²) in [7, 11) is 2.85. The highest BCUT2D eigenvalue weighted by molar-refractivity contribution is 5.59. The highest BCUT2D eigenvalue weighted by atomic mass is 16.8. The topological polar surface area (TPSA) is 63.2 Å². The van der Waals surface area contributed by atoms with E-state index in [4.69, 9.17) is 18.9 Å². The monoisotopic (exact) mass is 284 g/mol. The number of carbonyl (C=O) groups excluding carboxylic acids is 1. The first-order valence-electron chi connectivity index (χ1n) is 6.29. The summed E-state index contributed by atoms with van der Waals surface area (Å²) in [6, 6.07) is 9.09. The Bertz CT molecular complexity index is 367. The SMILES string of the molecule is COCCOCCC(OC(=O)OC)Oc1ccccc1. The number of methoxy groups -OCH3 is 2. The lowest BCUT2D eigenvalue weighted by molar-refractivity contribution is -0.0752. The molecule has 0 bridgehead atoms. The maximum atomic E-state index is 11.2. The van der Waals surface area contributed by atoms with E-state index < -0.39 is 12.4 Å². The quantitative estimate of drug-likeness (QED) is 0.393. The molecule has 0 saturated heterocycles. The molecular formula is C14H20O6. The van der Waals surface area contributed by atoms with E-state index in [1.165, 1.54) is 7.11 Å². The first kappa shape index (κ1) is 16.3. The molecule has 6 heteroatoms. The van der Waals surface area contributed by atoms with E-state index in [0.717, 1.165) is 0 Å². The Labute approximate surface area is 118 Å². The Morgan fingerprint density at radius 1 is 1.10 bits per heavy atom. The van der Waals surface area contributed by atoms with Gasteiger partial charge in [0.1, 0.15) is 5.75 Å². The van der Waals surface area contributed by atoms with Gasteiger partial charge in [0.2, 0.25) is 6.29 Å². The molecule has 0 amide bonds. The summed E-state index contributed by atoms with van der Waals surface area (Å²) in [5.74, 6) is 0.610. The minimum atomic E-state index is -0.789. The lowest BCUT2D eigenvalue weighted by Crippen LogP contribution is -2.26. The number of hydrogen-bond acceptors (Lipinski definition) is 6. The lowest BCUT2D eigenvalue weighted by Gasteiger charge is -2.18. The second-order valence-electron chi connectivity index (χ2n) is 3.83. The van der Waals surface area contributed by atoms with Crippen molar-refractivity contribution in [3.8, 4) is 5.75 Å². The van der Waals surface area contributed by atoms with E-state index in [-0.39, 0.29) is 0 Å². The standard InChI is InChI=1S/C14H20O6/c1-16-10-11-18-9-8-13(20-14(15)17-2)19-12-6-4-3-5-7-12/h3-7,13H,8-11H2,1-2H3. The van der Waals surface area contributed by atoms with Crippen molar-refractivity contribution >= 4 is 6.16 Å². The second-order valence-corrected chi connectivity index (χ2v) is 3.83. The average Bonchev–Trinajstić information content (AvgIpc) is 2.47. The summed E-state index contributed by atoms with van der Waals surface area (Å²) in [5, 5.41) is 0. The number of hydrogen-bond donors (Lipinski definition) is 0. The predicted molar refractivity (Wildman–Crippen MR) is 71.7 cm³/mol. The smallest absolute Gasteiger partial charge is 0.455 e. The molecule has 0 aliphatic carbocycles. The average molecular weight is 284 g/mol. The Balaban J connectivity index is 2.41. The van der Waals surface area contributed by atoms with Crippen LogP contribution in [-0.2, 0) is 18.9 Å². The molecule has 6 nitrogen and oxygen atoms in total. The highest BCUT2D eigenvalue weighted by Crippen LogP contribution is 2.13. The molecule has 1 aromatic carbocycles. The van der Waals surface area contributed by atoms with Gasteiger partial charge in [-0.05, 0) is 12.1 Å². The van der Waals surface area contributed by atoms with Gasteiger partial charge in [-0.1, -0.05) is 18.2 Å². The van der Waals surface area contributed by atoms with E-state index in [1.807, 2.05) is 18.2 Å². The van der Waals surface area contributed by atoms with Gasteiger partial charge in [-0.2, -0.15) is 0 Å². The number of rotatable bonds is 9. The van der Waals surface area contributed by atoms with Crippen molar-refractivity contribution in [1.82, 2.24) is 0 Å². The number of ether oxygens (including phenoxy) is 5. The number of benzene rings is 1. The van der Waals surface area contributed by atoms with E-state index in [0.29, 0.717) is 32.0 Å². The third kappa shape index (κ3) is 6.96. The molecule has 0 aliphatic rings. The molecule has 0 radical (unpaired) electrons. The van der Waals surface area contributed by atoms with Crippen LogP contribution in [0.25, 0.3) is 0 Å². The van der Waals surface area contributed by atoms with Crippen LogP contribution in [0.4, 0.5) is 4.79 Å². The zero-order valence-corrected chi connectivity index (χ0v) is 11.7. The molecule has 0 fully saturated rings. The van der Waals surface area contributed by atoms with Gasteiger partial charge in [-0.15, -0.1) is 0 Å². The molecule has 112 valence electrons. The fraction of sp³-hybridized carbons (Fsp3) is 0.500. The summed E-state index contributed by atoms with van der Waals surface area (Å²) in [6.45, 7) is 1.38. The Kier molecular flexibility index (Phi) is 8.17. The zero-order valence-electron chi connectivity index (χ0n) is 11.7. The third-order valence-corrected chi connectivity index (χ3v) is 2.33. The maximum Gasteiger partial charge on any atom is 0.511 e. The van der Waals surface area contributed by atoms with Gasteiger partial charge in [-0.25, -0.2) is 4.79 Å². The molecule has 1 rings (SSSR count). The molecule has 0 aliphatic heterocycles. The number of carbonyl (C=O) groups is 1. The van der Waals surface area contributed by atoms with Crippen molar-refractivity contribution in [2.24, 2.45) is 0 Å². The fourth-order valence-electron chi connectivity index (χ4n) is 1.37. The summed E-state index contributed by atoms with van der Waals surface area (Å²) in [6.07, 6.45) is -1.15. The summed E-state index contributed by atoms with van der Waals surface area (Å²) >= 11 is 0. The van der Waals surface area contributed by atoms with E-state index in [1.54, 1.807) is 19.2 Å². The van der Waals surface area contributed by atoms with Crippen molar-refractivity contribution in [3.05, 3.63) is 30.3 Å². The van der Waals surface area contributed by atoms with Crippen LogP contribution in [0.3, 0.4) is 0 Å². The molecule has 0 aromatic heterocycles. The van der Waals surface area contributed by atoms with Crippen molar-refractivity contribution < 1.29 is 28.5 Å². The molecule has 1 aromatic rings. The van der Waals surface area contributed by atoms with E-state index in [9.17, 15) is 4.79 Å². The van der Waals surface area contributed by atoms with Gasteiger partial charge in [0.25, 0.3) is 0 Å². The van der Waals surface area contributed by atoms with E-state index in [2.05, 4.69) is 4.74 Å². The van der Waals surface area contributed by atoms with Gasteiger partial charge in [0.15, 0.2) is 0 Å². The van der Waals surface area contributed by atoms with Crippen LogP contribution >= 0.6 is 0 Å². The minimum Gasteiger partial charge on any atom is -0.455 e. The van der Waals surface area contributed by atoms with Gasteiger partial charge in [-0.3, -0.25) is 0 Å². The third-order valence-electron chi connectivity index (χ3n) is 2.33. The summed E-state index contributed by atoms with van der Waals surface area (Å²) < 4.78 is 25.2. The zero-order chi connectivity index (χ0) is 14.6. The van der Waals surface area contributed by atoms with Crippen LogP contribution in [0.1, 0.15) is 6.42 Å². The number of para-hydroxylation sites is 1. The molecule has 0 heterocycles. The summed E-state index contributed by atoms with van der Waals surface area (Å²) in [5.41, 5.74) is 0. The Hall–Kier alpha value is -1.79. The first-order valence-corrected chi connectivity index (χ1v) is 6.29. The first-order chi connectivity index (χ1) is 9.76. The predicted octanol–water partition coefficient (Wildman–Crippen LogP) is 2.23. The molecule has 0 spiro atoms. The van der Waals surface area contributed by atoms with Crippen LogP contribution in [-0.4, -0.2) is 46.5 Å². The minimum absolute atomic E-state index is 0.387. The van der Waals surface area contributed by atoms with Crippen molar-refractivity contribution in [3.63, 3.8) is 0 Å². The van der Waals surface area contributed by atoms with Gasteiger partial charge in [0, 0.05) is 13.5 Å². The van der Waals surface area contributed by atoms with Gasteiger partial charge < -0.3 is 23.7 Å². The molecular weight excluding hydrogens is 264 g/mol. The molecule has 1 unspecified atom stereocenters. The Morgan fingerprint density at radius 3 is 2.50 bits per heavy atom. The highest BCUT2D eigenvalue weighted by Gasteiger charge is 2.16.